The van der Waals surface area contributed by atoms with Crippen LogP contribution in [0.5, 0.6) is 0 Å². The van der Waals surface area contributed by atoms with E-state index in [1.54, 1.807) is 13.8 Å². The molecule has 0 spiro atoms. The van der Waals surface area contributed by atoms with Crippen LogP contribution >= 0.6 is 0 Å². The van der Waals surface area contributed by atoms with Crippen molar-refractivity contribution in [1.82, 2.24) is 14.5 Å². The topological polar surface area (TPSA) is 86.8 Å². The molecule has 1 N–H and O–H groups in total. The summed E-state index contributed by atoms with van der Waals surface area (Å²) in [5, 5.41) is -0.509. The van der Waals surface area contributed by atoms with Crippen LogP contribution < -0.4 is 4.72 Å². The fourth-order valence-corrected chi connectivity index (χ4v) is 4.64. The molecule has 2 aliphatic rings. The highest BCUT2D eigenvalue weighted by Gasteiger charge is 2.39. The molecule has 24 heavy (non-hydrogen) atoms. The minimum absolute atomic E-state index is 0.0198. The fraction of sp³-hybridized carbons (Fsp3) is 0.875. The smallest absolute Gasteiger partial charge is 0.237 e. The number of carbonyl (C=O) groups is 2. The number of carbonyl (C=O) groups excluding carboxylic acids is 2. The summed E-state index contributed by atoms with van der Waals surface area (Å²) in [7, 11) is -3.59. The number of piperidine rings is 1. The van der Waals surface area contributed by atoms with Gasteiger partial charge in [0, 0.05) is 31.0 Å². The normalized spacial score (nSPS) is 21.2. The van der Waals surface area contributed by atoms with Gasteiger partial charge in [-0.1, -0.05) is 27.7 Å². The van der Waals surface area contributed by atoms with Crippen molar-refractivity contribution in [2.75, 3.05) is 26.2 Å². The van der Waals surface area contributed by atoms with Gasteiger partial charge in [-0.05, 0) is 25.9 Å². The van der Waals surface area contributed by atoms with Crippen molar-refractivity contribution >= 4 is 21.8 Å². The minimum atomic E-state index is -3.59. The first-order chi connectivity index (χ1) is 11.1. The number of hydrogen-bond donors (Lipinski definition) is 1. The monoisotopic (exact) mass is 359 g/mol. The zero-order valence-corrected chi connectivity index (χ0v) is 15.8. The molecule has 0 aromatic carbocycles. The van der Waals surface area contributed by atoms with Crippen LogP contribution in [0, 0.1) is 11.8 Å². The van der Waals surface area contributed by atoms with Gasteiger partial charge < -0.3 is 4.90 Å². The highest BCUT2D eigenvalue weighted by atomic mass is 32.2. The second kappa shape index (κ2) is 7.39. The second-order valence-corrected chi connectivity index (χ2v) is 9.41. The van der Waals surface area contributed by atoms with Gasteiger partial charge in [-0.25, -0.2) is 8.42 Å². The summed E-state index contributed by atoms with van der Waals surface area (Å²) in [6, 6.07) is 0.335. The number of nitrogens with one attached hydrogen (secondary N) is 1. The molecular formula is C16H29N3O4S. The first kappa shape index (κ1) is 19.2. The summed E-state index contributed by atoms with van der Waals surface area (Å²) in [6.45, 7) is 10.0. The van der Waals surface area contributed by atoms with Gasteiger partial charge >= 0.3 is 0 Å². The Balaban J connectivity index is 1.80. The average molecular weight is 359 g/mol. The van der Waals surface area contributed by atoms with Crippen LogP contribution in [0.3, 0.4) is 0 Å². The van der Waals surface area contributed by atoms with Gasteiger partial charge in [0.2, 0.25) is 21.8 Å². The molecule has 8 heteroatoms. The van der Waals surface area contributed by atoms with E-state index in [2.05, 4.69) is 9.62 Å². The maximum absolute atomic E-state index is 12.3. The van der Waals surface area contributed by atoms with Crippen LogP contribution in [0.25, 0.3) is 0 Å². The van der Waals surface area contributed by atoms with Crippen molar-refractivity contribution in [3.8, 4) is 0 Å². The van der Waals surface area contributed by atoms with E-state index in [0.29, 0.717) is 32.0 Å². The van der Waals surface area contributed by atoms with E-state index in [4.69, 9.17) is 0 Å². The Kier molecular flexibility index (Phi) is 5.91. The molecule has 0 unspecified atom stereocenters. The Morgan fingerprint density at radius 2 is 1.54 bits per heavy atom. The molecule has 0 aromatic rings. The molecule has 2 saturated heterocycles. The van der Waals surface area contributed by atoms with E-state index in [0.717, 1.165) is 13.1 Å². The summed E-state index contributed by atoms with van der Waals surface area (Å²) in [4.78, 5) is 27.7. The number of hydrogen-bond acceptors (Lipinski definition) is 5. The SMILES string of the molecule is CC(C)C(=O)NS(=O)(=O)C1CCN(C2CN(C(=O)C(C)C)C2)CC1. The van der Waals surface area contributed by atoms with E-state index < -0.39 is 21.2 Å². The highest BCUT2D eigenvalue weighted by molar-refractivity contribution is 7.90. The van der Waals surface area contributed by atoms with Gasteiger partial charge in [-0.3, -0.25) is 19.2 Å². The lowest BCUT2D eigenvalue weighted by Crippen LogP contribution is -2.63. The van der Waals surface area contributed by atoms with E-state index in [9.17, 15) is 18.0 Å². The molecule has 138 valence electrons. The van der Waals surface area contributed by atoms with Crippen LogP contribution in [0.4, 0.5) is 0 Å². The van der Waals surface area contributed by atoms with Crippen LogP contribution in [0.1, 0.15) is 40.5 Å². The number of nitrogens with zero attached hydrogens (tertiary/aromatic N) is 2. The lowest BCUT2D eigenvalue weighted by Gasteiger charge is -2.48. The van der Waals surface area contributed by atoms with E-state index >= 15 is 0 Å². The number of amides is 2. The lowest BCUT2D eigenvalue weighted by atomic mass is 10.0. The van der Waals surface area contributed by atoms with E-state index in [-0.39, 0.29) is 17.7 Å². The molecule has 2 fully saturated rings. The predicted octanol–water partition coefficient (Wildman–Crippen LogP) is 0.420. The number of likely N-dealkylation sites (tertiary alicyclic amines) is 2. The van der Waals surface area contributed by atoms with Crippen molar-refractivity contribution in [2.24, 2.45) is 11.8 Å². The summed E-state index contributed by atoms with van der Waals surface area (Å²) in [5.41, 5.74) is 0. The van der Waals surface area contributed by atoms with Crippen LogP contribution in [0.2, 0.25) is 0 Å². The molecule has 2 aliphatic heterocycles. The summed E-state index contributed by atoms with van der Waals surface area (Å²) in [5.74, 6) is -0.593. The van der Waals surface area contributed by atoms with Gasteiger partial charge in [0.1, 0.15) is 0 Å². The van der Waals surface area contributed by atoms with Gasteiger partial charge in [-0.2, -0.15) is 0 Å². The Morgan fingerprint density at radius 3 is 2.00 bits per heavy atom. The minimum Gasteiger partial charge on any atom is -0.339 e. The van der Waals surface area contributed by atoms with Gasteiger partial charge in [-0.15, -0.1) is 0 Å². The van der Waals surface area contributed by atoms with Crippen molar-refractivity contribution in [2.45, 2.75) is 51.8 Å². The third-order valence-electron chi connectivity index (χ3n) is 4.87. The third kappa shape index (κ3) is 4.27. The average Bonchev–Trinajstić information content (AvgIpc) is 2.45. The first-order valence-corrected chi connectivity index (χ1v) is 10.2. The van der Waals surface area contributed by atoms with Gasteiger partial charge in [0.05, 0.1) is 5.25 Å². The quantitative estimate of drug-likeness (QED) is 0.769. The van der Waals surface area contributed by atoms with Crippen molar-refractivity contribution in [3.63, 3.8) is 0 Å². The zero-order chi connectivity index (χ0) is 18.1. The predicted molar refractivity (Wildman–Crippen MR) is 91.7 cm³/mol. The number of rotatable bonds is 5. The summed E-state index contributed by atoms with van der Waals surface area (Å²) >= 11 is 0. The first-order valence-electron chi connectivity index (χ1n) is 8.70. The molecule has 2 rings (SSSR count). The molecule has 0 aromatic heterocycles. The molecular weight excluding hydrogens is 330 g/mol. The van der Waals surface area contributed by atoms with E-state index in [1.165, 1.54) is 0 Å². The molecule has 2 heterocycles. The van der Waals surface area contributed by atoms with Gasteiger partial charge in [0.15, 0.2) is 0 Å². The Morgan fingerprint density at radius 1 is 1.00 bits per heavy atom. The van der Waals surface area contributed by atoms with Gasteiger partial charge in [0.25, 0.3) is 0 Å². The summed E-state index contributed by atoms with van der Waals surface area (Å²) < 4.78 is 26.7. The van der Waals surface area contributed by atoms with Crippen molar-refractivity contribution < 1.29 is 18.0 Å². The van der Waals surface area contributed by atoms with E-state index in [1.807, 2.05) is 18.7 Å². The molecule has 0 bridgehead atoms. The molecule has 0 aliphatic carbocycles. The molecule has 2 amide bonds. The van der Waals surface area contributed by atoms with Crippen molar-refractivity contribution in [3.05, 3.63) is 0 Å². The Labute approximate surface area is 144 Å². The second-order valence-electron chi connectivity index (χ2n) is 7.45. The largest absolute Gasteiger partial charge is 0.339 e. The standard InChI is InChI=1S/C16H29N3O4S/c1-11(2)15(20)17-24(22,23)14-5-7-18(8-6-14)13-9-19(10-13)16(21)12(3)4/h11-14H,5-10H2,1-4H3,(H,17,20). The maximum atomic E-state index is 12.3. The summed E-state index contributed by atoms with van der Waals surface area (Å²) in [6.07, 6.45) is 1.05. The molecule has 0 radical (unpaired) electrons. The lowest BCUT2D eigenvalue weighted by molar-refractivity contribution is -0.142. The Bertz CT molecular complexity index is 574. The maximum Gasteiger partial charge on any atom is 0.237 e. The zero-order valence-electron chi connectivity index (χ0n) is 15.0. The fourth-order valence-electron chi connectivity index (χ4n) is 3.12. The van der Waals surface area contributed by atoms with Crippen LogP contribution in [-0.4, -0.2) is 67.5 Å². The molecule has 7 nitrogen and oxygen atoms in total. The van der Waals surface area contributed by atoms with Crippen LogP contribution in [-0.2, 0) is 19.6 Å². The van der Waals surface area contributed by atoms with Crippen molar-refractivity contribution in [1.29, 1.82) is 0 Å². The molecule has 0 saturated carbocycles. The Hall–Kier alpha value is -1.15. The highest BCUT2D eigenvalue weighted by Crippen LogP contribution is 2.24. The molecule has 0 atom stereocenters. The van der Waals surface area contributed by atoms with Crippen LogP contribution in [0.15, 0.2) is 0 Å². The number of sulfonamides is 1. The third-order valence-corrected chi connectivity index (χ3v) is 6.70.